The summed E-state index contributed by atoms with van der Waals surface area (Å²) in [7, 11) is 5.87. The molecule has 0 radical (unpaired) electrons. The minimum atomic E-state index is -0.718. The number of rotatable bonds is 7. The number of nitrogens with zero attached hydrogens (tertiary/aromatic N) is 1. The van der Waals surface area contributed by atoms with Crippen molar-refractivity contribution in [2.45, 2.75) is 6.10 Å². The maximum atomic E-state index is 10.6. The van der Waals surface area contributed by atoms with Crippen LogP contribution in [-0.2, 0) is 4.74 Å². The van der Waals surface area contributed by atoms with Crippen molar-refractivity contribution in [2.24, 2.45) is 0 Å². The molecule has 1 aromatic rings. The normalized spacial score (nSPS) is 11.8. The Bertz CT molecular complexity index is 448. The van der Waals surface area contributed by atoms with E-state index in [2.05, 4.69) is 0 Å². The van der Waals surface area contributed by atoms with E-state index in [1.807, 2.05) is 0 Å². The molecule has 0 saturated carbocycles. The molecule has 1 atom stereocenters. The zero-order chi connectivity index (χ0) is 14.4. The molecule has 1 unspecified atom stereocenters. The molecule has 1 rings (SSSR count). The van der Waals surface area contributed by atoms with Crippen molar-refractivity contribution in [1.82, 2.24) is 0 Å². The Labute approximate surface area is 111 Å². The Morgan fingerprint density at radius 1 is 1.05 bits per heavy atom. The summed E-state index contributed by atoms with van der Waals surface area (Å²) in [5.41, 5.74) is 0.541. The summed E-state index contributed by atoms with van der Waals surface area (Å²) in [6.07, 6.45) is -0.718. The first kappa shape index (κ1) is 15.0. The summed E-state index contributed by atoms with van der Waals surface area (Å²) >= 11 is 0. The number of nitro groups is 1. The molecule has 19 heavy (non-hydrogen) atoms. The van der Waals surface area contributed by atoms with Gasteiger partial charge in [0.1, 0.15) is 5.75 Å². The van der Waals surface area contributed by atoms with Gasteiger partial charge >= 0.3 is 0 Å². The third-order valence-electron chi connectivity index (χ3n) is 2.68. The molecule has 0 amide bonds. The third-order valence-corrected chi connectivity index (χ3v) is 2.68. The lowest BCUT2D eigenvalue weighted by molar-refractivity contribution is -0.492. The van der Waals surface area contributed by atoms with Crippen LogP contribution in [-0.4, -0.2) is 39.9 Å². The fourth-order valence-electron chi connectivity index (χ4n) is 1.74. The second-order valence-corrected chi connectivity index (χ2v) is 3.69. The number of hydrogen-bond acceptors (Lipinski definition) is 6. The summed E-state index contributed by atoms with van der Waals surface area (Å²) < 4.78 is 20.7. The largest absolute Gasteiger partial charge is 0.496 e. The molecule has 0 bridgehead atoms. The standard InChI is InChI=1S/C12H17NO6/c1-16-9-6-11(18-3)10(17-2)5-8(9)12(19-4)7-13(14)15/h5-6,12H,7H2,1-4H3. The molecule has 0 heterocycles. The molecule has 7 nitrogen and oxygen atoms in total. The van der Waals surface area contributed by atoms with Gasteiger partial charge in [0.25, 0.3) is 0 Å². The van der Waals surface area contributed by atoms with Crippen molar-refractivity contribution < 1.29 is 23.9 Å². The maximum Gasteiger partial charge on any atom is 0.233 e. The quantitative estimate of drug-likeness (QED) is 0.554. The van der Waals surface area contributed by atoms with Crippen molar-refractivity contribution >= 4 is 0 Å². The van der Waals surface area contributed by atoms with Crippen LogP contribution in [0.4, 0.5) is 0 Å². The molecule has 0 saturated heterocycles. The van der Waals surface area contributed by atoms with Crippen LogP contribution in [0.25, 0.3) is 0 Å². The van der Waals surface area contributed by atoms with Gasteiger partial charge in [0.15, 0.2) is 17.6 Å². The van der Waals surface area contributed by atoms with Gasteiger partial charge in [-0.15, -0.1) is 0 Å². The molecular weight excluding hydrogens is 254 g/mol. The van der Waals surface area contributed by atoms with Gasteiger partial charge in [0, 0.05) is 23.7 Å². The third kappa shape index (κ3) is 3.47. The molecule has 0 aromatic heterocycles. The molecule has 0 fully saturated rings. The number of methoxy groups -OCH3 is 4. The average Bonchev–Trinajstić information content (AvgIpc) is 2.42. The number of hydrogen-bond donors (Lipinski definition) is 0. The van der Waals surface area contributed by atoms with Gasteiger partial charge in [0.2, 0.25) is 6.54 Å². The first-order chi connectivity index (χ1) is 9.07. The van der Waals surface area contributed by atoms with E-state index in [0.29, 0.717) is 22.8 Å². The minimum absolute atomic E-state index is 0.359. The van der Waals surface area contributed by atoms with Crippen LogP contribution in [0.5, 0.6) is 17.2 Å². The Balaban J connectivity index is 3.26. The average molecular weight is 271 g/mol. The summed E-state index contributed by atoms with van der Waals surface area (Å²) in [5.74, 6) is 1.40. The highest BCUT2D eigenvalue weighted by Gasteiger charge is 2.23. The van der Waals surface area contributed by atoms with Crippen LogP contribution in [0.15, 0.2) is 12.1 Å². The predicted octanol–water partition coefficient (Wildman–Crippen LogP) is 1.68. The van der Waals surface area contributed by atoms with E-state index in [0.717, 1.165) is 0 Å². The van der Waals surface area contributed by atoms with Gasteiger partial charge in [-0.25, -0.2) is 0 Å². The molecule has 0 N–H and O–H groups in total. The van der Waals surface area contributed by atoms with Crippen LogP contribution in [0, 0.1) is 10.1 Å². The first-order valence-corrected chi connectivity index (χ1v) is 5.51. The molecule has 0 spiro atoms. The van der Waals surface area contributed by atoms with E-state index in [1.165, 1.54) is 28.4 Å². The lowest BCUT2D eigenvalue weighted by Gasteiger charge is -2.18. The molecule has 0 aliphatic heterocycles. The second kappa shape index (κ2) is 6.79. The van der Waals surface area contributed by atoms with Crippen LogP contribution >= 0.6 is 0 Å². The Morgan fingerprint density at radius 3 is 2.00 bits per heavy atom. The summed E-state index contributed by atoms with van der Waals surface area (Å²) in [6, 6.07) is 3.23. The molecule has 7 heteroatoms. The van der Waals surface area contributed by atoms with Gasteiger partial charge < -0.3 is 18.9 Å². The highest BCUT2D eigenvalue weighted by molar-refractivity contribution is 5.51. The lowest BCUT2D eigenvalue weighted by Crippen LogP contribution is -2.15. The monoisotopic (exact) mass is 271 g/mol. The highest BCUT2D eigenvalue weighted by Crippen LogP contribution is 2.38. The summed E-state index contributed by atoms with van der Waals surface area (Å²) in [5, 5.41) is 10.6. The minimum Gasteiger partial charge on any atom is -0.496 e. The second-order valence-electron chi connectivity index (χ2n) is 3.69. The predicted molar refractivity (Wildman–Crippen MR) is 67.7 cm³/mol. The van der Waals surface area contributed by atoms with E-state index in [9.17, 15) is 10.1 Å². The summed E-state index contributed by atoms with van der Waals surface area (Å²) in [6.45, 7) is -0.359. The number of benzene rings is 1. The van der Waals surface area contributed by atoms with E-state index < -0.39 is 11.0 Å². The van der Waals surface area contributed by atoms with Gasteiger partial charge in [0.05, 0.1) is 21.3 Å². The molecule has 106 valence electrons. The van der Waals surface area contributed by atoms with Gasteiger partial charge in [-0.3, -0.25) is 10.1 Å². The van der Waals surface area contributed by atoms with Crippen LogP contribution < -0.4 is 14.2 Å². The maximum absolute atomic E-state index is 10.6. The topological polar surface area (TPSA) is 80.1 Å². The van der Waals surface area contributed by atoms with Crippen molar-refractivity contribution in [1.29, 1.82) is 0 Å². The number of ether oxygens (including phenoxy) is 4. The lowest BCUT2D eigenvalue weighted by atomic mass is 10.1. The molecular formula is C12H17NO6. The van der Waals surface area contributed by atoms with Crippen molar-refractivity contribution in [3.8, 4) is 17.2 Å². The van der Waals surface area contributed by atoms with Crippen molar-refractivity contribution in [2.75, 3.05) is 35.0 Å². The van der Waals surface area contributed by atoms with Gasteiger partial charge in [-0.05, 0) is 6.07 Å². The molecule has 0 aliphatic rings. The van der Waals surface area contributed by atoms with E-state index in [1.54, 1.807) is 12.1 Å². The zero-order valence-corrected chi connectivity index (χ0v) is 11.3. The van der Waals surface area contributed by atoms with E-state index in [4.69, 9.17) is 18.9 Å². The fraction of sp³-hybridized carbons (Fsp3) is 0.500. The van der Waals surface area contributed by atoms with Crippen LogP contribution in [0.2, 0.25) is 0 Å². The highest BCUT2D eigenvalue weighted by atomic mass is 16.6. The first-order valence-electron chi connectivity index (χ1n) is 5.51. The zero-order valence-electron chi connectivity index (χ0n) is 11.3. The van der Waals surface area contributed by atoms with Gasteiger partial charge in [-0.2, -0.15) is 0 Å². The van der Waals surface area contributed by atoms with E-state index >= 15 is 0 Å². The fourth-order valence-corrected chi connectivity index (χ4v) is 1.74. The smallest absolute Gasteiger partial charge is 0.233 e. The molecule has 0 aliphatic carbocycles. The van der Waals surface area contributed by atoms with E-state index in [-0.39, 0.29) is 6.54 Å². The summed E-state index contributed by atoms with van der Waals surface area (Å²) in [4.78, 5) is 10.2. The van der Waals surface area contributed by atoms with Crippen molar-refractivity contribution in [3.05, 3.63) is 27.8 Å². The Morgan fingerprint density at radius 2 is 1.58 bits per heavy atom. The van der Waals surface area contributed by atoms with Crippen LogP contribution in [0.3, 0.4) is 0 Å². The van der Waals surface area contributed by atoms with Gasteiger partial charge in [-0.1, -0.05) is 0 Å². The Kier molecular flexibility index (Phi) is 5.37. The SMILES string of the molecule is COc1cc(OC)c(C(C[N+](=O)[O-])OC)cc1OC. The molecule has 1 aromatic carbocycles. The Hall–Kier alpha value is -2.02. The van der Waals surface area contributed by atoms with Crippen LogP contribution in [0.1, 0.15) is 11.7 Å². The van der Waals surface area contributed by atoms with Crippen molar-refractivity contribution in [3.63, 3.8) is 0 Å².